The van der Waals surface area contributed by atoms with Gasteiger partial charge >= 0.3 is 0 Å². The van der Waals surface area contributed by atoms with Crippen molar-refractivity contribution in [2.24, 2.45) is 0 Å². The fraction of sp³-hybridized carbons (Fsp3) is 0.375. The van der Waals surface area contributed by atoms with Crippen LogP contribution in [0.25, 0.3) is 0 Å². The minimum Gasteiger partial charge on any atom is -0.369 e. The first kappa shape index (κ1) is 15.0. The summed E-state index contributed by atoms with van der Waals surface area (Å²) in [6.07, 6.45) is 1.08. The molecule has 0 spiro atoms. The van der Waals surface area contributed by atoms with E-state index in [-0.39, 0.29) is 5.82 Å². The summed E-state index contributed by atoms with van der Waals surface area (Å²) in [5, 5.41) is 5.37. The smallest absolute Gasteiger partial charge is 0.125 e. The quantitative estimate of drug-likeness (QED) is 0.775. The van der Waals surface area contributed by atoms with Crippen LogP contribution in [0.2, 0.25) is 0 Å². The number of nitrogens with zero attached hydrogens (tertiary/aromatic N) is 1. The molecule has 0 unspecified atom stereocenters. The van der Waals surface area contributed by atoms with E-state index in [4.69, 9.17) is 0 Å². The Labute approximate surface area is 124 Å². The van der Waals surface area contributed by atoms with Gasteiger partial charge < -0.3 is 10.2 Å². The minimum absolute atomic E-state index is 0.172. The van der Waals surface area contributed by atoms with Gasteiger partial charge in [0.05, 0.1) is 6.54 Å². The molecule has 0 aliphatic carbocycles. The maximum atomic E-state index is 13.7. The molecule has 0 saturated carbocycles. The average molecular weight is 292 g/mol. The van der Waals surface area contributed by atoms with Gasteiger partial charge in [-0.1, -0.05) is 13.0 Å². The molecule has 1 aromatic carbocycles. The van der Waals surface area contributed by atoms with Crippen LogP contribution in [0.3, 0.4) is 0 Å². The normalized spacial score (nSPS) is 10.8. The van der Waals surface area contributed by atoms with E-state index in [1.165, 1.54) is 4.88 Å². The monoisotopic (exact) mass is 292 g/mol. The first-order valence-corrected chi connectivity index (χ1v) is 7.80. The standard InChI is InChI=1S/C16H21FN2S/c1-3-6-18-11-13-8-14(17)10-15(9-13)19(2)12-16-5-4-7-20-16/h4-5,7-10,18H,3,6,11-12H2,1-2H3. The van der Waals surface area contributed by atoms with E-state index in [1.54, 1.807) is 23.5 Å². The number of hydrogen-bond acceptors (Lipinski definition) is 3. The van der Waals surface area contributed by atoms with Crippen molar-refractivity contribution in [3.63, 3.8) is 0 Å². The highest BCUT2D eigenvalue weighted by Gasteiger charge is 2.06. The number of halogens is 1. The zero-order chi connectivity index (χ0) is 14.4. The summed E-state index contributed by atoms with van der Waals surface area (Å²) in [6.45, 7) is 4.60. The summed E-state index contributed by atoms with van der Waals surface area (Å²) >= 11 is 1.72. The van der Waals surface area contributed by atoms with E-state index in [0.717, 1.165) is 30.8 Å². The van der Waals surface area contributed by atoms with Crippen LogP contribution in [0.5, 0.6) is 0 Å². The van der Waals surface area contributed by atoms with Gasteiger partial charge in [0.15, 0.2) is 0 Å². The fourth-order valence-electron chi connectivity index (χ4n) is 2.09. The molecule has 2 rings (SSSR count). The van der Waals surface area contributed by atoms with Crippen LogP contribution in [0, 0.1) is 5.82 Å². The maximum absolute atomic E-state index is 13.7. The fourth-order valence-corrected chi connectivity index (χ4v) is 2.85. The number of benzene rings is 1. The largest absolute Gasteiger partial charge is 0.369 e. The van der Waals surface area contributed by atoms with E-state index < -0.39 is 0 Å². The molecule has 20 heavy (non-hydrogen) atoms. The molecule has 0 bridgehead atoms. The molecule has 108 valence electrons. The van der Waals surface area contributed by atoms with Crippen molar-refractivity contribution in [3.8, 4) is 0 Å². The molecule has 0 amide bonds. The zero-order valence-electron chi connectivity index (χ0n) is 12.0. The molecule has 2 aromatic rings. The summed E-state index contributed by atoms with van der Waals surface area (Å²) in [5.41, 5.74) is 1.91. The topological polar surface area (TPSA) is 15.3 Å². The van der Waals surface area contributed by atoms with Gasteiger partial charge in [0.1, 0.15) is 5.82 Å². The molecule has 0 saturated heterocycles. The van der Waals surface area contributed by atoms with Gasteiger partial charge in [-0.15, -0.1) is 11.3 Å². The summed E-state index contributed by atoms with van der Waals surface area (Å²) < 4.78 is 13.7. The molecule has 1 heterocycles. The van der Waals surface area contributed by atoms with Crippen molar-refractivity contribution < 1.29 is 4.39 Å². The zero-order valence-corrected chi connectivity index (χ0v) is 12.8. The van der Waals surface area contributed by atoms with Gasteiger partial charge in [0.2, 0.25) is 0 Å². The van der Waals surface area contributed by atoms with Gasteiger partial charge in [-0.05, 0) is 48.2 Å². The molecule has 0 atom stereocenters. The maximum Gasteiger partial charge on any atom is 0.125 e. The van der Waals surface area contributed by atoms with Gasteiger partial charge in [0.25, 0.3) is 0 Å². The van der Waals surface area contributed by atoms with Crippen molar-refractivity contribution in [1.82, 2.24) is 5.32 Å². The summed E-state index contributed by atoms with van der Waals surface area (Å²) in [4.78, 5) is 3.36. The van der Waals surface area contributed by atoms with Gasteiger partial charge in [-0.25, -0.2) is 4.39 Å². The van der Waals surface area contributed by atoms with Crippen LogP contribution in [0.15, 0.2) is 35.7 Å². The van der Waals surface area contributed by atoms with Crippen molar-refractivity contribution >= 4 is 17.0 Å². The van der Waals surface area contributed by atoms with Crippen LogP contribution in [-0.4, -0.2) is 13.6 Å². The third-order valence-electron chi connectivity index (χ3n) is 3.11. The second-order valence-corrected chi connectivity index (χ2v) is 5.96. The number of hydrogen-bond donors (Lipinski definition) is 1. The highest BCUT2D eigenvalue weighted by Crippen LogP contribution is 2.21. The predicted octanol–water partition coefficient (Wildman–Crippen LogP) is 4.02. The van der Waals surface area contributed by atoms with Crippen molar-refractivity contribution in [1.29, 1.82) is 0 Å². The summed E-state index contributed by atoms with van der Waals surface area (Å²) in [5.74, 6) is -0.172. The lowest BCUT2D eigenvalue weighted by Crippen LogP contribution is -2.17. The van der Waals surface area contributed by atoms with E-state index >= 15 is 0 Å². The van der Waals surface area contributed by atoms with Crippen LogP contribution >= 0.6 is 11.3 Å². The van der Waals surface area contributed by atoms with Crippen molar-refractivity contribution in [2.45, 2.75) is 26.4 Å². The third kappa shape index (κ3) is 4.32. The second-order valence-electron chi connectivity index (χ2n) is 4.93. The lowest BCUT2D eigenvalue weighted by atomic mass is 10.1. The molecule has 1 N–H and O–H groups in total. The number of anilines is 1. The van der Waals surface area contributed by atoms with Gasteiger partial charge in [-0.3, -0.25) is 0 Å². The van der Waals surface area contributed by atoms with E-state index in [1.807, 2.05) is 13.1 Å². The first-order valence-electron chi connectivity index (χ1n) is 6.92. The molecular formula is C16H21FN2S. The Balaban J connectivity index is 2.06. The number of thiophene rings is 1. The van der Waals surface area contributed by atoms with Crippen LogP contribution < -0.4 is 10.2 Å². The van der Waals surface area contributed by atoms with Gasteiger partial charge in [0, 0.05) is 24.2 Å². The highest BCUT2D eigenvalue weighted by atomic mass is 32.1. The molecule has 1 aromatic heterocycles. The van der Waals surface area contributed by atoms with Crippen LogP contribution in [0.1, 0.15) is 23.8 Å². The number of rotatable bonds is 7. The van der Waals surface area contributed by atoms with E-state index in [0.29, 0.717) is 6.54 Å². The first-order chi connectivity index (χ1) is 9.69. The van der Waals surface area contributed by atoms with Crippen molar-refractivity contribution in [2.75, 3.05) is 18.5 Å². The van der Waals surface area contributed by atoms with E-state index in [9.17, 15) is 4.39 Å². The Morgan fingerprint density at radius 3 is 2.85 bits per heavy atom. The minimum atomic E-state index is -0.172. The predicted molar refractivity (Wildman–Crippen MR) is 84.8 cm³/mol. The average Bonchev–Trinajstić information content (AvgIpc) is 2.91. The Bertz CT molecular complexity index is 525. The summed E-state index contributed by atoms with van der Waals surface area (Å²) in [6, 6.07) is 9.39. The second kappa shape index (κ2) is 7.41. The molecule has 4 heteroatoms. The molecule has 0 radical (unpaired) electrons. The summed E-state index contributed by atoms with van der Waals surface area (Å²) in [7, 11) is 2.00. The van der Waals surface area contributed by atoms with Crippen molar-refractivity contribution in [3.05, 3.63) is 52.0 Å². The Kier molecular flexibility index (Phi) is 5.56. The molecule has 2 nitrogen and oxygen atoms in total. The molecule has 0 aliphatic rings. The van der Waals surface area contributed by atoms with E-state index in [2.05, 4.69) is 34.7 Å². The third-order valence-corrected chi connectivity index (χ3v) is 3.97. The Morgan fingerprint density at radius 2 is 2.15 bits per heavy atom. The SMILES string of the molecule is CCCNCc1cc(F)cc(N(C)Cc2cccs2)c1. The van der Waals surface area contributed by atoms with Crippen LogP contribution in [0.4, 0.5) is 10.1 Å². The Morgan fingerprint density at radius 1 is 1.30 bits per heavy atom. The highest BCUT2D eigenvalue weighted by molar-refractivity contribution is 7.09. The van der Waals surface area contributed by atoms with Gasteiger partial charge in [-0.2, -0.15) is 0 Å². The number of nitrogens with one attached hydrogen (secondary N) is 1. The molecular weight excluding hydrogens is 271 g/mol. The Hall–Kier alpha value is -1.39. The lowest BCUT2D eigenvalue weighted by molar-refractivity contribution is 0.618. The molecule has 0 fully saturated rings. The lowest BCUT2D eigenvalue weighted by Gasteiger charge is -2.19. The molecule has 0 aliphatic heterocycles. The van der Waals surface area contributed by atoms with Crippen LogP contribution in [-0.2, 0) is 13.1 Å².